The molecule has 1 fully saturated rings. The molecule has 100 valence electrons. The summed E-state index contributed by atoms with van der Waals surface area (Å²) < 4.78 is 1.20. The van der Waals surface area contributed by atoms with Gasteiger partial charge in [0, 0.05) is 23.1 Å². The van der Waals surface area contributed by atoms with Crippen LogP contribution in [0.2, 0.25) is 0 Å². The van der Waals surface area contributed by atoms with E-state index >= 15 is 0 Å². The normalized spacial score (nSPS) is 22.3. The smallest absolute Gasteiger partial charge is 0.0303 e. The summed E-state index contributed by atoms with van der Waals surface area (Å²) in [6, 6.07) is 9.59. The maximum atomic E-state index is 3.67. The molecule has 2 rings (SSSR count). The van der Waals surface area contributed by atoms with Gasteiger partial charge < -0.3 is 5.32 Å². The Morgan fingerprint density at radius 3 is 2.94 bits per heavy atom. The molecule has 18 heavy (non-hydrogen) atoms. The molecule has 0 amide bonds. The molecule has 1 aliphatic heterocycles. The van der Waals surface area contributed by atoms with Gasteiger partial charge in [0.2, 0.25) is 0 Å². The van der Waals surface area contributed by atoms with Crippen LogP contribution >= 0.6 is 15.9 Å². The summed E-state index contributed by atoms with van der Waals surface area (Å²) in [4.78, 5) is 2.58. The van der Waals surface area contributed by atoms with E-state index < -0.39 is 0 Å². The van der Waals surface area contributed by atoms with E-state index in [0.717, 1.165) is 12.6 Å². The lowest BCUT2D eigenvalue weighted by molar-refractivity contribution is 0.255. The standard InChI is InChI=1S/C15H23BrN2/c1-3-18-10-6-7-13(18)11-17-12(2)14-8-4-5-9-15(14)16/h4-5,8-9,12-13,17H,3,6-7,10-11H2,1-2H3. The minimum atomic E-state index is 0.403. The molecule has 3 heteroatoms. The van der Waals surface area contributed by atoms with Crippen molar-refractivity contribution in [2.75, 3.05) is 19.6 Å². The van der Waals surface area contributed by atoms with Gasteiger partial charge in [-0.15, -0.1) is 0 Å². The highest BCUT2D eigenvalue weighted by molar-refractivity contribution is 9.10. The highest BCUT2D eigenvalue weighted by atomic mass is 79.9. The first-order valence-corrected chi connectivity index (χ1v) is 7.73. The van der Waals surface area contributed by atoms with Crippen LogP contribution in [0.1, 0.15) is 38.3 Å². The lowest BCUT2D eigenvalue weighted by Crippen LogP contribution is -2.38. The van der Waals surface area contributed by atoms with E-state index in [1.54, 1.807) is 0 Å². The number of nitrogens with zero attached hydrogens (tertiary/aromatic N) is 1. The van der Waals surface area contributed by atoms with Crippen molar-refractivity contribution in [3.05, 3.63) is 34.3 Å². The van der Waals surface area contributed by atoms with E-state index in [1.165, 1.54) is 36.0 Å². The summed E-state index contributed by atoms with van der Waals surface area (Å²) in [5.74, 6) is 0. The van der Waals surface area contributed by atoms with Crippen LogP contribution in [0.4, 0.5) is 0 Å². The van der Waals surface area contributed by atoms with Crippen molar-refractivity contribution in [2.45, 2.75) is 38.8 Å². The Morgan fingerprint density at radius 2 is 2.22 bits per heavy atom. The SMILES string of the molecule is CCN1CCCC1CNC(C)c1ccccc1Br. The van der Waals surface area contributed by atoms with Gasteiger partial charge in [0.1, 0.15) is 0 Å². The minimum Gasteiger partial charge on any atom is -0.309 e. The summed E-state index contributed by atoms with van der Waals surface area (Å²) >= 11 is 3.63. The Balaban J connectivity index is 1.88. The van der Waals surface area contributed by atoms with Crippen LogP contribution in [0.5, 0.6) is 0 Å². The molecule has 1 heterocycles. The maximum Gasteiger partial charge on any atom is 0.0303 e. The van der Waals surface area contributed by atoms with Gasteiger partial charge >= 0.3 is 0 Å². The molecule has 1 aliphatic rings. The van der Waals surface area contributed by atoms with Gasteiger partial charge in [-0.05, 0) is 44.5 Å². The maximum absolute atomic E-state index is 3.67. The second kappa shape index (κ2) is 6.69. The summed E-state index contributed by atoms with van der Waals surface area (Å²) in [6.45, 7) is 8.04. The number of nitrogens with one attached hydrogen (secondary N) is 1. The number of likely N-dealkylation sites (tertiary alicyclic amines) is 1. The molecule has 2 unspecified atom stereocenters. The number of hydrogen-bond donors (Lipinski definition) is 1. The first-order valence-electron chi connectivity index (χ1n) is 6.94. The lowest BCUT2D eigenvalue weighted by atomic mass is 10.1. The van der Waals surface area contributed by atoms with Gasteiger partial charge in [-0.1, -0.05) is 41.1 Å². The van der Waals surface area contributed by atoms with Gasteiger partial charge in [-0.2, -0.15) is 0 Å². The van der Waals surface area contributed by atoms with Crippen LogP contribution < -0.4 is 5.32 Å². The first-order chi connectivity index (χ1) is 8.72. The molecule has 1 saturated heterocycles. The molecule has 0 aromatic heterocycles. The summed E-state index contributed by atoms with van der Waals surface area (Å²) in [7, 11) is 0. The van der Waals surface area contributed by atoms with Crippen molar-refractivity contribution in [2.24, 2.45) is 0 Å². The van der Waals surface area contributed by atoms with E-state index in [-0.39, 0.29) is 0 Å². The Kier molecular flexibility index (Phi) is 5.22. The molecular weight excluding hydrogens is 288 g/mol. The fourth-order valence-electron chi connectivity index (χ4n) is 2.79. The molecule has 0 bridgehead atoms. The molecule has 0 spiro atoms. The third kappa shape index (κ3) is 3.34. The highest BCUT2D eigenvalue weighted by Crippen LogP contribution is 2.23. The number of halogens is 1. The Labute approximate surface area is 119 Å². The lowest BCUT2D eigenvalue weighted by Gasteiger charge is -2.25. The molecule has 2 atom stereocenters. The molecule has 0 saturated carbocycles. The highest BCUT2D eigenvalue weighted by Gasteiger charge is 2.23. The van der Waals surface area contributed by atoms with Gasteiger partial charge in [0.15, 0.2) is 0 Å². The van der Waals surface area contributed by atoms with E-state index in [0.29, 0.717) is 6.04 Å². The first kappa shape index (κ1) is 14.0. The molecule has 1 N–H and O–H groups in total. The summed E-state index contributed by atoms with van der Waals surface area (Å²) in [5.41, 5.74) is 1.35. The summed E-state index contributed by atoms with van der Waals surface area (Å²) in [5, 5.41) is 3.67. The topological polar surface area (TPSA) is 15.3 Å². The van der Waals surface area contributed by atoms with Crippen molar-refractivity contribution in [1.29, 1.82) is 0 Å². The van der Waals surface area contributed by atoms with Crippen LogP contribution in [-0.4, -0.2) is 30.6 Å². The fraction of sp³-hybridized carbons (Fsp3) is 0.600. The van der Waals surface area contributed by atoms with Crippen molar-refractivity contribution in [3.8, 4) is 0 Å². The van der Waals surface area contributed by atoms with Crippen molar-refractivity contribution >= 4 is 15.9 Å². The number of benzene rings is 1. The number of hydrogen-bond acceptors (Lipinski definition) is 2. The predicted molar refractivity (Wildman–Crippen MR) is 80.8 cm³/mol. The summed E-state index contributed by atoms with van der Waals surface area (Å²) in [6.07, 6.45) is 2.69. The zero-order valence-electron chi connectivity index (χ0n) is 11.3. The van der Waals surface area contributed by atoms with E-state index in [9.17, 15) is 0 Å². The fourth-order valence-corrected chi connectivity index (χ4v) is 3.42. The van der Waals surface area contributed by atoms with Crippen molar-refractivity contribution < 1.29 is 0 Å². The number of likely N-dealkylation sites (N-methyl/N-ethyl adjacent to an activating group) is 1. The van der Waals surface area contributed by atoms with Gasteiger partial charge in [-0.3, -0.25) is 4.90 Å². The third-order valence-electron chi connectivity index (χ3n) is 3.94. The predicted octanol–water partition coefficient (Wildman–Crippen LogP) is 3.58. The number of rotatable bonds is 5. The molecule has 0 radical (unpaired) electrons. The molecule has 2 nitrogen and oxygen atoms in total. The average Bonchev–Trinajstić information content (AvgIpc) is 2.84. The van der Waals surface area contributed by atoms with Gasteiger partial charge in [-0.25, -0.2) is 0 Å². The van der Waals surface area contributed by atoms with Gasteiger partial charge in [0.25, 0.3) is 0 Å². The average molecular weight is 311 g/mol. The van der Waals surface area contributed by atoms with E-state index in [4.69, 9.17) is 0 Å². The van der Waals surface area contributed by atoms with E-state index in [2.05, 4.69) is 64.3 Å². The Morgan fingerprint density at radius 1 is 1.44 bits per heavy atom. The van der Waals surface area contributed by atoms with Crippen molar-refractivity contribution in [3.63, 3.8) is 0 Å². The zero-order valence-corrected chi connectivity index (χ0v) is 12.9. The van der Waals surface area contributed by atoms with E-state index in [1.807, 2.05) is 0 Å². The Bertz CT molecular complexity index is 381. The van der Waals surface area contributed by atoms with Crippen LogP contribution in [-0.2, 0) is 0 Å². The van der Waals surface area contributed by atoms with Crippen LogP contribution in [0.15, 0.2) is 28.7 Å². The molecule has 1 aromatic carbocycles. The molecular formula is C15H23BrN2. The van der Waals surface area contributed by atoms with Crippen LogP contribution in [0.3, 0.4) is 0 Å². The van der Waals surface area contributed by atoms with Crippen molar-refractivity contribution in [1.82, 2.24) is 10.2 Å². The quantitative estimate of drug-likeness (QED) is 0.894. The van der Waals surface area contributed by atoms with Crippen LogP contribution in [0.25, 0.3) is 0 Å². The van der Waals surface area contributed by atoms with Crippen LogP contribution in [0, 0.1) is 0 Å². The minimum absolute atomic E-state index is 0.403. The molecule has 0 aliphatic carbocycles. The van der Waals surface area contributed by atoms with Gasteiger partial charge in [0.05, 0.1) is 0 Å². The second-order valence-corrected chi connectivity index (χ2v) is 5.93. The Hall–Kier alpha value is -0.380. The third-order valence-corrected chi connectivity index (χ3v) is 4.66. The second-order valence-electron chi connectivity index (χ2n) is 5.08. The zero-order chi connectivity index (χ0) is 13.0. The molecule has 1 aromatic rings. The largest absolute Gasteiger partial charge is 0.309 e. The monoisotopic (exact) mass is 310 g/mol.